The zero-order chi connectivity index (χ0) is 10.8. The third kappa shape index (κ3) is 2.17. The average molecular weight is 204 g/mol. The molecule has 0 atom stereocenters. The highest BCUT2D eigenvalue weighted by atomic mass is 16.1. The van der Waals surface area contributed by atoms with E-state index >= 15 is 0 Å². The summed E-state index contributed by atoms with van der Waals surface area (Å²) >= 11 is 0. The summed E-state index contributed by atoms with van der Waals surface area (Å²) in [6.07, 6.45) is 3.44. The van der Waals surface area contributed by atoms with E-state index in [1.165, 1.54) is 6.42 Å². The predicted octanol–water partition coefficient (Wildman–Crippen LogP) is 1.98. The molecular weight excluding hydrogens is 188 g/mol. The predicted molar refractivity (Wildman–Crippen MR) is 58.8 cm³/mol. The molecule has 1 saturated carbocycles. The zero-order valence-electron chi connectivity index (χ0n) is 9.21. The number of rotatable bonds is 2. The lowest BCUT2D eigenvalue weighted by molar-refractivity contribution is 0.0911. The van der Waals surface area contributed by atoms with E-state index in [1.54, 1.807) is 6.07 Å². The van der Waals surface area contributed by atoms with Gasteiger partial charge in [0, 0.05) is 11.7 Å². The number of hydrogen-bond acceptors (Lipinski definition) is 2. The van der Waals surface area contributed by atoms with Gasteiger partial charge in [-0.1, -0.05) is 6.07 Å². The van der Waals surface area contributed by atoms with E-state index in [2.05, 4.69) is 10.3 Å². The number of amides is 1. The fourth-order valence-electron chi connectivity index (χ4n) is 1.57. The molecule has 1 heterocycles. The van der Waals surface area contributed by atoms with Gasteiger partial charge in [-0.05, 0) is 44.7 Å². The second-order valence-electron chi connectivity index (χ2n) is 4.20. The highest BCUT2D eigenvalue weighted by molar-refractivity contribution is 5.92. The third-order valence-electron chi connectivity index (χ3n) is 3.02. The molecule has 15 heavy (non-hydrogen) atoms. The number of pyridine rings is 1. The highest BCUT2D eigenvalue weighted by Gasteiger charge is 2.20. The molecule has 1 aromatic heterocycles. The second kappa shape index (κ2) is 4.01. The molecule has 3 nitrogen and oxygen atoms in total. The van der Waals surface area contributed by atoms with Crippen LogP contribution in [0, 0.1) is 13.8 Å². The van der Waals surface area contributed by atoms with Crippen molar-refractivity contribution in [3.63, 3.8) is 0 Å². The van der Waals surface area contributed by atoms with Crippen LogP contribution >= 0.6 is 0 Å². The van der Waals surface area contributed by atoms with Crippen molar-refractivity contribution in [2.75, 3.05) is 0 Å². The Hall–Kier alpha value is -1.38. The lowest BCUT2D eigenvalue weighted by Gasteiger charge is -2.26. The molecule has 0 aromatic carbocycles. The SMILES string of the molecule is Cc1ccc(C(=O)NC2CCC2)nc1C. The summed E-state index contributed by atoms with van der Waals surface area (Å²) in [6.45, 7) is 3.92. The van der Waals surface area contributed by atoms with E-state index in [-0.39, 0.29) is 5.91 Å². The number of nitrogens with zero attached hydrogens (tertiary/aromatic N) is 1. The van der Waals surface area contributed by atoms with Gasteiger partial charge in [-0.3, -0.25) is 4.79 Å². The summed E-state index contributed by atoms with van der Waals surface area (Å²) in [5.41, 5.74) is 2.58. The van der Waals surface area contributed by atoms with Gasteiger partial charge in [0.1, 0.15) is 5.69 Å². The fraction of sp³-hybridized carbons (Fsp3) is 0.500. The number of aryl methyl sites for hydroxylation is 2. The second-order valence-corrected chi connectivity index (χ2v) is 4.20. The van der Waals surface area contributed by atoms with E-state index in [1.807, 2.05) is 19.9 Å². The quantitative estimate of drug-likeness (QED) is 0.800. The van der Waals surface area contributed by atoms with Crippen LogP contribution in [0.2, 0.25) is 0 Å². The molecule has 1 fully saturated rings. The molecule has 0 saturated heterocycles. The maximum Gasteiger partial charge on any atom is 0.270 e. The van der Waals surface area contributed by atoms with Crippen LogP contribution < -0.4 is 5.32 Å². The molecular formula is C12H16N2O. The van der Waals surface area contributed by atoms with Crippen molar-refractivity contribution in [3.05, 3.63) is 29.1 Å². The lowest BCUT2D eigenvalue weighted by Crippen LogP contribution is -2.39. The number of hydrogen-bond donors (Lipinski definition) is 1. The molecule has 1 aliphatic rings. The average Bonchev–Trinajstić information content (AvgIpc) is 2.15. The van der Waals surface area contributed by atoms with Gasteiger partial charge in [0.25, 0.3) is 5.91 Å². The van der Waals surface area contributed by atoms with Crippen LogP contribution in [0.5, 0.6) is 0 Å². The van der Waals surface area contributed by atoms with E-state index in [9.17, 15) is 4.79 Å². The molecule has 0 unspecified atom stereocenters. The topological polar surface area (TPSA) is 42.0 Å². The van der Waals surface area contributed by atoms with Crippen molar-refractivity contribution in [3.8, 4) is 0 Å². The molecule has 0 aliphatic heterocycles. The smallest absolute Gasteiger partial charge is 0.270 e. The van der Waals surface area contributed by atoms with Gasteiger partial charge < -0.3 is 5.32 Å². The first-order chi connectivity index (χ1) is 7.16. The molecule has 1 aromatic rings. The summed E-state index contributed by atoms with van der Waals surface area (Å²) < 4.78 is 0. The molecule has 1 aliphatic carbocycles. The fourth-order valence-corrected chi connectivity index (χ4v) is 1.57. The minimum atomic E-state index is -0.0391. The van der Waals surface area contributed by atoms with Crippen LogP contribution in [0.4, 0.5) is 0 Å². The van der Waals surface area contributed by atoms with Crippen molar-refractivity contribution in [1.29, 1.82) is 0 Å². The van der Waals surface area contributed by atoms with Gasteiger partial charge in [0.05, 0.1) is 0 Å². The van der Waals surface area contributed by atoms with Crippen LogP contribution in [-0.2, 0) is 0 Å². The minimum absolute atomic E-state index is 0.0391. The van der Waals surface area contributed by atoms with Crippen LogP contribution in [-0.4, -0.2) is 16.9 Å². The first-order valence-corrected chi connectivity index (χ1v) is 5.42. The summed E-state index contributed by atoms with van der Waals surface area (Å²) in [5, 5.41) is 2.98. The molecule has 2 rings (SSSR count). The molecule has 0 bridgehead atoms. The summed E-state index contributed by atoms with van der Waals surface area (Å²) in [5.74, 6) is -0.0391. The monoisotopic (exact) mass is 204 g/mol. The Morgan fingerprint density at radius 2 is 2.13 bits per heavy atom. The summed E-state index contributed by atoms with van der Waals surface area (Å²) in [7, 11) is 0. The Morgan fingerprint density at radius 1 is 1.40 bits per heavy atom. The number of aromatic nitrogens is 1. The van der Waals surface area contributed by atoms with Crippen molar-refractivity contribution >= 4 is 5.91 Å². The standard InChI is InChI=1S/C12H16N2O/c1-8-6-7-11(13-9(8)2)12(15)14-10-4-3-5-10/h6-7,10H,3-5H2,1-2H3,(H,14,15). The molecule has 80 valence electrons. The first kappa shape index (κ1) is 10.1. The molecule has 3 heteroatoms. The Balaban J connectivity index is 2.07. The molecule has 0 spiro atoms. The lowest BCUT2D eigenvalue weighted by atomic mass is 9.93. The van der Waals surface area contributed by atoms with E-state index in [0.29, 0.717) is 11.7 Å². The van der Waals surface area contributed by atoms with E-state index < -0.39 is 0 Å². The Labute approximate surface area is 89.9 Å². The van der Waals surface area contributed by atoms with E-state index in [4.69, 9.17) is 0 Å². The molecule has 0 radical (unpaired) electrons. The normalized spacial score (nSPS) is 15.9. The first-order valence-electron chi connectivity index (χ1n) is 5.42. The van der Waals surface area contributed by atoms with Crippen LogP contribution in [0.25, 0.3) is 0 Å². The van der Waals surface area contributed by atoms with Crippen LogP contribution in [0.3, 0.4) is 0 Å². The Morgan fingerprint density at radius 3 is 2.67 bits per heavy atom. The number of carbonyl (C=O) groups is 1. The van der Waals surface area contributed by atoms with Gasteiger partial charge in [-0.2, -0.15) is 0 Å². The largest absolute Gasteiger partial charge is 0.348 e. The number of nitrogens with one attached hydrogen (secondary N) is 1. The van der Waals surface area contributed by atoms with Gasteiger partial charge >= 0.3 is 0 Å². The van der Waals surface area contributed by atoms with Crippen LogP contribution in [0.15, 0.2) is 12.1 Å². The highest BCUT2D eigenvalue weighted by Crippen LogP contribution is 2.18. The Bertz CT molecular complexity index is 383. The molecule has 1 N–H and O–H groups in total. The minimum Gasteiger partial charge on any atom is -0.348 e. The van der Waals surface area contributed by atoms with Gasteiger partial charge in [0.15, 0.2) is 0 Å². The Kier molecular flexibility index (Phi) is 2.71. The van der Waals surface area contributed by atoms with Crippen LogP contribution in [0.1, 0.15) is 41.0 Å². The van der Waals surface area contributed by atoms with Crippen molar-refractivity contribution in [2.24, 2.45) is 0 Å². The zero-order valence-corrected chi connectivity index (χ0v) is 9.21. The van der Waals surface area contributed by atoms with Gasteiger partial charge in [-0.25, -0.2) is 4.98 Å². The number of carbonyl (C=O) groups excluding carboxylic acids is 1. The molecule has 1 amide bonds. The van der Waals surface area contributed by atoms with Crippen molar-refractivity contribution in [1.82, 2.24) is 10.3 Å². The maximum atomic E-state index is 11.7. The maximum absolute atomic E-state index is 11.7. The van der Waals surface area contributed by atoms with Crippen molar-refractivity contribution in [2.45, 2.75) is 39.2 Å². The van der Waals surface area contributed by atoms with Gasteiger partial charge in [0.2, 0.25) is 0 Å². The third-order valence-corrected chi connectivity index (χ3v) is 3.02. The summed E-state index contributed by atoms with van der Waals surface area (Å²) in [4.78, 5) is 16.0. The van der Waals surface area contributed by atoms with Crippen molar-refractivity contribution < 1.29 is 4.79 Å². The summed E-state index contributed by atoms with van der Waals surface area (Å²) in [6, 6.07) is 4.11. The van der Waals surface area contributed by atoms with E-state index in [0.717, 1.165) is 24.1 Å². The van der Waals surface area contributed by atoms with Gasteiger partial charge in [-0.15, -0.1) is 0 Å².